The van der Waals surface area contributed by atoms with Gasteiger partial charge >= 0.3 is 0 Å². The highest BCUT2D eigenvalue weighted by Crippen LogP contribution is 2.50. The van der Waals surface area contributed by atoms with Gasteiger partial charge in [0.1, 0.15) is 17.9 Å². The quantitative estimate of drug-likeness (QED) is 0.503. The van der Waals surface area contributed by atoms with Crippen molar-refractivity contribution >= 4 is 23.2 Å². The van der Waals surface area contributed by atoms with E-state index in [9.17, 15) is 0 Å². The van der Waals surface area contributed by atoms with Gasteiger partial charge in [0.2, 0.25) is 5.95 Å². The van der Waals surface area contributed by atoms with E-state index in [4.69, 9.17) is 16.3 Å². The fourth-order valence-electron chi connectivity index (χ4n) is 4.33. The number of rotatable bonds is 2. The number of tetrazole rings is 1. The lowest BCUT2D eigenvalue weighted by molar-refractivity contribution is 0.222. The molecule has 0 unspecified atom stereocenters. The molecule has 0 saturated heterocycles. The maximum Gasteiger partial charge on any atom is 0.248 e. The number of pyridine rings is 1. The summed E-state index contributed by atoms with van der Waals surface area (Å²) < 4.78 is 8.36. The van der Waals surface area contributed by atoms with Gasteiger partial charge in [-0.2, -0.15) is 4.68 Å². The van der Waals surface area contributed by atoms with Crippen molar-refractivity contribution < 1.29 is 4.74 Å². The van der Waals surface area contributed by atoms with Gasteiger partial charge in [0.25, 0.3) is 0 Å². The molecule has 152 valence electrons. The maximum absolute atomic E-state index is 6.58. The van der Waals surface area contributed by atoms with Crippen LogP contribution in [0.2, 0.25) is 5.02 Å². The first-order valence-electron chi connectivity index (χ1n) is 9.91. The summed E-state index contributed by atoms with van der Waals surface area (Å²) in [5.41, 5.74) is 5.99. The fraction of sp³-hybridized carbons (Fsp3) is 0.130. The lowest BCUT2D eigenvalue weighted by atomic mass is 9.85. The summed E-state index contributed by atoms with van der Waals surface area (Å²) in [7, 11) is 0. The van der Waals surface area contributed by atoms with Crippen LogP contribution in [0.15, 0.2) is 72.6 Å². The molecule has 8 heteroatoms. The third-order valence-electron chi connectivity index (χ3n) is 5.64. The van der Waals surface area contributed by atoms with Crippen molar-refractivity contribution in [3.05, 3.63) is 99.8 Å². The van der Waals surface area contributed by atoms with E-state index in [1.807, 2.05) is 42.6 Å². The molecule has 2 aromatic carbocycles. The molecule has 4 heterocycles. The SMILES string of the molecule is Cc1cccc([C@H]2Oc3ccc(Cl)cc3C3=C2[C@@H](c2cccnc2)n2nnnc2N3)c1. The molecule has 2 atom stereocenters. The van der Waals surface area contributed by atoms with Crippen molar-refractivity contribution in [2.45, 2.75) is 19.1 Å². The average molecular weight is 429 g/mol. The molecule has 31 heavy (non-hydrogen) atoms. The van der Waals surface area contributed by atoms with E-state index in [1.54, 1.807) is 10.9 Å². The van der Waals surface area contributed by atoms with Crippen LogP contribution in [0.1, 0.15) is 34.4 Å². The molecule has 0 aliphatic carbocycles. The summed E-state index contributed by atoms with van der Waals surface area (Å²) in [6.07, 6.45) is 3.26. The van der Waals surface area contributed by atoms with Crippen LogP contribution in [0.4, 0.5) is 5.95 Å². The standard InChI is InChI=1S/C23H17ClN6O/c1-13-4-2-5-14(10-13)22-19-20(17-11-16(24)7-8-18(17)31-22)26-23-27-28-29-30(23)21(19)15-6-3-9-25-12-15/h2-12,21-22H,1H3,(H,26,27,29)/t21-,22-/m1/s1. The van der Waals surface area contributed by atoms with Crippen molar-refractivity contribution in [3.63, 3.8) is 0 Å². The number of hydrogen-bond donors (Lipinski definition) is 1. The molecule has 0 spiro atoms. The van der Waals surface area contributed by atoms with Gasteiger partial charge in [0, 0.05) is 28.6 Å². The molecule has 0 radical (unpaired) electrons. The van der Waals surface area contributed by atoms with Crippen molar-refractivity contribution in [2.24, 2.45) is 0 Å². The number of hydrogen-bond acceptors (Lipinski definition) is 6. The fourth-order valence-corrected chi connectivity index (χ4v) is 4.50. The number of anilines is 1. The minimum atomic E-state index is -0.335. The summed E-state index contributed by atoms with van der Waals surface area (Å²) >= 11 is 6.35. The highest BCUT2D eigenvalue weighted by Gasteiger charge is 2.41. The van der Waals surface area contributed by atoms with Crippen LogP contribution in [0, 0.1) is 6.92 Å². The van der Waals surface area contributed by atoms with E-state index in [0.29, 0.717) is 11.0 Å². The maximum atomic E-state index is 6.58. The van der Waals surface area contributed by atoms with Gasteiger partial charge in [-0.15, -0.1) is 0 Å². The van der Waals surface area contributed by atoms with Gasteiger partial charge < -0.3 is 10.1 Å². The first kappa shape index (κ1) is 18.1. The first-order chi connectivity index (χ1) is 15.2. The highest BCUT2D eigenvalue weighted by molar-refractivity contribution is 6.30. The molecule has 4 aromatic rings. The van der Waals surface area contributed by atoms with Gasteiger partial charge in [-0.1, -0.05) is 52.6 Å². The Kier molecular flexibility index (Phi) is 4.04. The second kappa shape index (κ2) is 6.92. The molecular formula is C23H17ClN6O. The number of halogens is 1. The number of aryl methyl sites for hydroxylation is 1. The Bertz CT molecular complexity index is 1330. The van der Waals surface area contributed by atoms with Gasteiger partial charge in [0.05, 0.1) is 5.70 Å². The molecular weight excluding hydrogens is 412 g/mol. The normalized spacial score (nSPS) is 19.0. The minimum Gasteiger partial charge on any atom is -0.480 e. The largest absolute Gasteiger partial charge is 0.480 e. The van der Waals surface area contributed by atoms with Gasteiger partial charge in [0.15, 0.2) is 0 Å². The zero-order valence-corrected chi connectivity index (χ0v) is 17.3. The predicted molar refractivity (Wildman–Crippen MR) is 117 cm³/mol. The number of nitrogens with zero attached hydrogens (tertiary/aromatic N) is 5. The van der Waals surface area contributed by atoms with Crippen molar-refractivity contribution in [2.75, 3.05) is 5.32 Å². The Morgan fingerprint density at radius 2 is 1.97 bits per heavy atom. The Morgan fingerprint density at radius 1 is 1.06 bits per heavy atom. The molecule has 2 aliphatic rings. The molecule has 7 nitrogen and oxygen atoms in total. The monoisotopic (exact) mass is 428 g/mol. The van der Waals surface area contributed by atoms with E-state index < -0.39 is 0 Å². The summed E-state index contributed by atoms with van der Waals surface area (Å²) in [5, 5.41) is 16.4. The Balaban J connectivity index is 1.65. The third kappa shape index (κ3) is 2.89. The second-order valence-electron chi connectivity index (χ2n) is 7.64. The summed E-state index contributed by atoms with van der Waals surface area (Å²) in [6, 6.07) is 17.7. The summed E-state index contributed by atoms with van der Waals surface area (Å²) in [4.78, 5) is 4.34. The van der Waals surface area contributed by atoms with Crippen LogP contribution < -0.4 is 10.1 Å². The van der Waals surface area contributed by atoms with E-state index in [-0.39, 0.29) is 12.1 Å². The first-order valence-corrected chi connectivity index (χ1v) is 10.3. The lowest BCUT2D eigenvalue weighted by Crippen LogP contribution is -2.32. The third-order valence-corrected chi connectivity index (χ3v) is 5.88. The van der Waals surface area contributed by atoms with Gasteiger partial charge in [-0.3, -0.25) is 4.98 Å². The number of aromatic nitrogens is 5. The predicted octanol–water partition coefficient (Wildman–Crippen LogP) is 4.59. The van der Waals surface area contributed by atoms with E-state index in [1.165, 1.54) is 0 Å². The van der Waals surface area contributed by atoms with Crippen LogP contribution in [0.5, 0.6) is 5.75 Å². The summed E-state index contributed by atoms with van der Waals surface area (Å²) in [6.45, 7) is 2.08. The Morgan fingerprint density at radius 3 is 2.81 bits per heavy atom. The molecule has 1 N–H and O–H groups in total. The highest BCUT2D eigenvalue weighted by atomic mass is 35.5. The van der Waals surface area contributed by atoms with Crippen molar-refractivity contribution in [1.82, 2.24) is 25.2 Å². The zero-order valence-electron chi connectivity index (χ0n) is 16.5. The summed E-state index contributed by atoms with van der Waals surface area (Å²) in [5.74, 6) is 1.32. The van der Waals surface area contributed by atoms with E-state index >= 15 is 0 Å². The van der Waals surface area contributed by atoms with Gasteiger partial charge in [-0.05, 0) is 52.7 Å². The Labute approximate surface area is 183 Å². The topological polar surface area (TPSA) is 77.8 Å². The van der Waals surface area contributed by atoms with Crippen molar-refractivity contribution in [3.8, 4) is 5.75 Å². The minimum absolute atomic E-state index is 0.285. The van der Waals surface area contributed by atoms with Gasteiger partial charge in [-0.25, -0.2) is 0 Å². The smallest absolute Gasteiger partial charge is 0.248 e. The lowest BCUT2D eigenvalue weighted by Gasteiger charge is -2.38. The van der Waals surface area contributed by atoms with Crippen LogP contribution in [0.25, 0.3) is 5.70 Å². The number of fused-ring (bicyclic) bond motifs is 3. The number of benzene rings is 2. The Hall–Kier alpha value is -3.71. The number of nitrogens with one attached hydrogen (secondary N) is 1. The zero-order chi connectivity index (χ0) is 20.9. The molecule has 2 aliphatic heterocycles. The molecule has 2 aromatic heterocycles. The average Bonchev–Trinajstić information content (AvgIpc) is 3.26. The van der Waals surface area contributed by atoms with E-state index in [2.05, 4.69) is 50.9 Å². The number of ether oxygens (including phenoxy) is 1. The molecule has 6 rings (SSSR count). The second-order valence-corrected chi connectivity index (χ2v) is 8.08. The van der Waals surface area contributed by atoms with Crippen LogP contribution in [-0.4, -0.2) is 25.2 Å². The van der Waals surface area contributed by atoms with Crippen molar-refractivity contribution in [1.29, 1.82) is 0 Å². The van der Waals surface area contributed by atoms with Crippen LogP contribution in [0.3, 0.4) is 0 Å². The molecule has 0 bridgehead atoms. The van der Waals surface area contributed by atoms with Crippen LogP contribution in [-0.2, 0) is 0 Å². The molecule has 0 amide bonds. The van der Waals surface area contributed by atoms with Crippen LogP contribution >= 0.6 is 11.6 Å². The molecule has 0 fully saturated rings. The van der Waals surface area contributed by atoms with E-state index in [0.717, 1.165) is 39.3 Å². The molecule has 0 saturated carbocycles.